The fourth-order valence-electron chi connectivity index (χ4n) is 4.15. The Morgan fingerprint density at radius 1 is 1.03 bits per heavy atom. The number of rotatable bonds is 7. The van der Waals surface area contributed by atoms with Crippen LogP contribution in [0.2, 0.25) is 0 Å². The molecule has 0 radical (unpaired) electrons. The lowest BCUT2D eigenvalue weighted by molar-refractivity contribution is -0.139. The second-order valence-corrected chi connectivity index (χ2v) is 7.93. The lowest BCUT2D eigenvalue weighted by atomic mass is 10.1. The molecule has 3 heterocycles. The van der Waals surface area contributed by atoms with Crippen LogP contribution in [0, 0.1) is 0 Å². The number of nitrogens with zero attached hydrogens (tertiary/aromatic N) is 3. The standard InChI is InChI=1S/C21H35N5O3/c1-24-9-6-7-18(24)19(26-10-4-2-3-5-11-26)17-23-21(28)20(27)22-8-12-25-13-15-29-16-14-25/h6-7,9,19H,2-5,8,10-17H2,1H3,(H,22,27)(H,23,28). The first kappa shape index (κ1) is 21.8. The highest BCUT2D eigenvalue weighted by Crippen LogP contribution is 2.23. The smallest absolute Gasteiger partial charge is 0.309 e. The lowest BCUT2D eigenvalue weighted by Gasteiger charge is -2.31. The topological polar surface area (TPSA) is 78.8 Å². The zero-order valence-corrected chi connectivity index (χ0v) is 17.6. The van der Waals surface area contributed by atoms with Crippen LogP contribution < -0.4 is 10.6 Å². The molecule has 0 aliphatic carbocycles. The van der Waals surface area contributed by atoms with Gasteiger partial charge in [-0.25, -0.2) is 0 Å². The van der Waals surface area contributed by atoms with E-state index in [1.54, 1.807) is 0 Å². The van der Waals surface area contributed by atoms with Crippen LogP contribution in [-0.4, -0.2) is 85.2 Å². The highest BCUT2D eigenvalue weighted by Gasteiger charge is 2.25. The molecule has 0 spiro atoms. The Labute approximate surface area is 173 Å². The van der Waals surface area contributed by atoms with Crippen molar-refractivity contribution in [3.05, 3.63) is 24.0 Å². The first-order valence-corrected chi connectivity index (χ1v) is 10.9. The van der Waals surface area contributed by atoms with Gasteiger partial charge in [-0.1, -0.05) is 12.8 Å². The van der Waals surface area contributed by atoms with Crippen LogP contribution in [0.4, 0.5) is 0 Å². The number of morpholine rings is 1. The molecule has 2 N–H and O–H groups in total. The average Bonchev–Trinajstić information content (AvgIpc) is 2.99. The van der Waals surface area contributed by atoms with Gasteiger partial charge in [0.2, 0.25) is 0 Å². The van der Waals surface area contributed by atoms with Crippen molar-refractivity contribution >= 4 is 11.8 Å². The van der Waals surface area contributed by atoms with Crippen LogP contribution >= 0.6 is 0 Å². The molecule has 1 aromatic rings. The van der Waals surface area contributed by atoms with Gasteiger partial charge in [0.05, 0.1) is 19.3 Å². The quantitative estimate of drug-likeness (QED) is 0.646. The molecule has 1 aromatic heterocycles. The Hall–Kier alpha value is -1.90. The maximum atomic E-state index is 12.4. The van der Waals surface area contributed by atoms with Gasteiger partial charge >= 0.3 is 11.8 Å². The molecule has 3 rings (SSSR count). The van der Waals surface area contributed by atoms with Crippen LogP contribution in [0.15, 0.2) is 18.3 Å². The maximum Gasteiger partial charge on any atom is 0.309 e. The van der Waals surface area contributed by atoms with E-state index in [4.69, 9.17) is 4.74 Å². The van der Waals surface area contributed by atoms with E-state index >= 15 is 0 Å². The summed E-state index contributed by atoms with van der Waals surface area (Å²) in [6, 6.07) is 4.21. The molecule has 162 valence electrons. The van der Waals surface area contributed by atoms with Crippen molar-refractivity contribution in [3.63, 3.8) is 0 Å². The number of hydrogen-bond donors (Lipinski definition) is 2. The SMILES string of the molecule is Cn1cccc1C(CNC(=O)C(=O)NCCN1CCOCC1)N1CCCCCC1. The Kier molecular flexibility index (Phi) is 8.52. The van der Waals surface area contributed by atoms with Gasteiger partial charge in [0.25, 0.3) is 0 Å². The number of carbonyl (C=O) groups is 2. The first-order chi connectivity index (χ1) is 14.1. The summed E-state index contributed by atoms with van der Waals surface area (Å²) in [5, 5.41) is 5.60. The molecular formula is C21H35N5O3. The van der Waals surface area contributed by atoms with Crippen LogP contribution in [-0.2, 0) is 21.4 Å². The zero-order valence-electron chi connectivity index (χ0n) is 17.6. The molecule has 0 saturated carbocycles. The summed E-state index contributed by atoms with van der Waals surface area (Å²) in [6.45, 7) is 6.90. The van der Waals surface area contributed by atoms with E-state index in [0.29, 0.717) is 13.1 Å². The normalized spacial score (nSPS) is 20.0. The van der Waals surface area contributed by atoms with Crippen molar-refractivity contribution in [1.29, 1.82) is 0 Å². The number of likely N-dealkylation sites (tertiary alicyclic amines) is 1. The van der Waals surface area contributed by atoms with Crippen molar-refractivity contribution in [1.82, 2.24) is 25.0 Å². The van der Waals surface area contributed by atoms with Gasteiger partial charge in [-0.2, -0.15) is 0 Å². The van der Waals surface area contributed by atoms with Gasteiger partial charge in [-0.3, -0.25) is 19.4 Å². The van der Waals surface area contributed by atoms with Gasteiger partial charge < -0.3 is 19.9 Å². The number of ether oxygens (including phenoxy) is 1. The van der Waals surface area contributed by atoms with Gasteiger partial charge in [-0.05, 0) is 38.1 Å². The molecule has 2 amide bonds. The average molecular weight is 406 g/mol. The minimum atomic E-state index is -0.556. The zero-order chi connectivity index (χ0) is 20.5. The first-order valence-electron chi connectivity index (χ1n) is 10.9. The predicted molar refractivity (Wildman–Crippen MR) is 111 cm³/mol. The maximum absolute atomic E-state index is 12.4. The molecule has 0 bridgehead atoms. The minimum Gasteiger partial charge on any atom is -0.379 e. The molecule has 0 aromatic carbocycles. The van der Waals surface area contributed by atoms with E-state index in [2.05, 4.69) is 31.1 Å². The Balaban J connectivity index is 1.49. The second kappa shape index (κ2) is 11.3. The van der Waals surface area contributed by atoms with E-state index in [-0.39, 0.29) is 6.04 Å². The highest BCUT2D eigenvalue weighted by atomic mass is 16.5. The number of aromatic nitrogens is 1. The number of aryl methyl sites for hydroxylation is 1. The molecule has 29 heavy (non-hydrogen) atoms. The Morgan fingerprint density at radius 3 is 2.38 bits per heavy atom. The van der Waals surface area contributed by atoms with Crippen molar-refractivity contribution in [2.45, 2.75) is 31.7 Å². The summed E-state index contributed by atoms with van der Waals surface area (Å²) in [7, 11) is 2.03. The molecule has 2 saturated heterocycles. The summed E-state index contributed by atoms with van der Waals surface area (Å²) in [6.07, 6.45) is 6.90. The minimum absolute atomic E-state index is 0.0817. The molecule has 2 aliphatic heterocycles. The third kappa shape index (κ3) is 6.55. The van der Waals surface area contributed by atoms with Crippen molar-refractivity contribution in [3.8, 4) is 0 Å². The van der Waals surface area contributed by atoms with Gasteiger partial charge in [0, 0.05) is 51.7 Å². The summed E-state index contributed by atoms with van der Waals surface area (Å²) in [5.41, 5.74) is 1.17. The van der Waals surface area contributed by atoms with E-state index in [9.17, 15) is 9.59 Å². The number of hydrogen-bond acceptors (Lipinski definition) is 5. The molecule has 1 atom stereocenters. The largest absolute Gasteiger partial charge is 0.379 e. The van der Waals surface area contributed by atoms with E-state index in [1.165, 1.54) is 31.4 Å². The Bertz CT molecular complexity index is 648. The van der Waals surface area contributed by atoms with Crippen LogP contribution in [0.25, 0.3) is 0 Å². The van der Waals surface area contributed by atoms with Gasteiger partial charge in [0.15, 0.2) is 0 Å². The number of carbonyl (C=O) groups excluding carboxylic acids is 2. The van der Waals surface area contributed by atoms with E-state index < -0.39 is 11.8 Å². The Morgan fingerprint density at radius 2 is 1.72 bits per heavy atom. The third-order valence-electron chi connectivity index (χ3n) is 5.89. The van der Waals surface area contributed by atoms with Gasteiger partial charge in [-0.15, -0.1) is 0 Å². The monoisotopic (exact) mass is 405 g/mol. The van der Waals surface area contributed by atoms with E-state index in [0.717, 1.165) is 45.9 Å². The van der Waals surface area contributed by atoms with Crippen LogP contribution in [0.3, 0.4) is 0 Å². The van der Waals surface area contributed by atoms with Crippen LogP contribution in [0.5, 0.6) is 0 Å². The summed E-state index contributed by atoms with van der Waals surface area (Å²) < 4.78 is 7.42. The molecule has 2 aliphatic rings. The molecular weight excluding hydrogens is 370 g/mol. The lowest BCUT2D eigenvalue weighted by Crippen LogP contribution is -2.47. The summed E-state index contributed by atoms with van der Waals surface area (Å²) >= 11 is 0. The van der Waals surface area contributed by atoms with Crippen molar-refractivity contribution in [2.24, 2.45) is 7.05 Å². The fourth-order valence-corrected chi connectivity index (χ4v) is 4.15. The fraction of sp³-hybridized carbons (Fsp3) is 0.714. The van der Waals surface area contributed by atoms with Crippen molar-refractivity contribution in [2.75, 3.05) is 59.0 Å². The molecule has 1 unspecified atom stereocenters. The molecule has 8 nitrogen and oxygen atoms in total. The number of nitrogens with one attached hydrogen (secondary N) is 2. The van der Waals surface area contributed by atoms with Gasteiger partial charge in [0.1, 0.15) is 0 Å². The highest BCUT2D eigenvalue weighted by molar-refractivity contribution is 6.35. The number of amides is 2. The van der Waals surface area contributed by atoms with Crippen LogP contribution in [0.1, 0.15) is 37.4 Å². The predicted octanol–water partition coefficient (Wildman–Crippen LogP) is 0.507. The molecule has 8 heteroatoms. The van der Waals surface area contributed by atoms with E-state index in [1.807, 2.05) is 19.3 Å². The summed E-state index contributed by atoms with van der Waals surface area (Å²) in [5.74, 6) is -1.11. The third-order valence-corrected chi connectivity index (χ3v) is 5.89. The van der Waals surface area contributed by atoms with Crippen molar-refractivity contribution < 1.29 is 14.3 Å². The molecule has 2 fully saturated rings. The second-order valence-electron chi connectivity index (χ2n) is 7.93. The summed E-state index contributed by atoms with van der Waals surface area (Å²) in [4.78, 5) is 29.2.